The van der Waals surface area contributed by atoms with Crippen LogP contribution in [0.15, 0.2) is 47.1 Å². The minimum atomic E-state index is -0.599. The first-order valence-corrected chi connectivity index (χ1v) is 7.64. The van der Waals surface area contributed by atoms with E-state index in [1.165, 1.54) is 45.6 Å². The highest BCUT2D eigenvalue weighted by molar-refractivity contribution is 6.12. The van der Waals surface area contributed by atoms with Gasteiger partial charge in [-0.15, -0.1) is 0 Å². The van der Waals surface area contributed by atoms with Crippen LogP contribution in [0.1, 0.15) is 11.1 Å². The molecule has 0 bridgehead atoms. The van der Waals surface area contributed by atoms with Crippen molar-refractivity contribution in [2.75, 3.05) is 21.3 Å². The fourth-order valence-corrected chi connectivity index (χ4v) is 2.47. The van der Waals surface area contributed by atoms with Crippen molar-refractivity contribution in [1.29, 1.82) is 0 Å². The van der Waals surface area contributed by atoms with E-state index in [2.05, 4.69) is 4.99 Å². The van der Waals surface area contributed by atoms with E-state index in [-0.39, 0.29) is 17.4 Å². The minimum absolute atomic E-state index is 0.110. The highest BCUT2D eigenvalue weighted by Gasteiger charge is 2.24. The lowest BCUT2D eigenvalue weighted by molar-refractivity contribution is -0.129. The van der Waals surface area contributed by atoms with Gasteiger partial charge in [0.25, 0.3) is 0 Å². The number of nitrogens with zero attached hydrogens (tertiary/aromatic N) is 1. The SMILES string of the molecule is COc1cc(/C=C2/N=C(c3ccc(F)cc3)OC2=O)cc(OC)c1OC. The average Bonchev–Trinajstić information content (AvgIpc) is 3.01. The summed E-state index contributed by atoms with van der Waals surface area (Å²) >= 11 is 0. The lowest BCUT2D eigenvalue weighted by atomic mass is 10.1. The Kier molecular flexibility index (Phi) is 4.88. The lowest BCUT2D eigenvalue weighted by Crippen LogP contribution is -2.05. The minimum Gasteiger partial charge on any atom is -0.493 e. The average molecular weight is 357 g/mol. The molecule has 0 saturated heterocycles. The molecule has 1 aliphatic rings. The van der Waals surface area contributed by atoms with Crippen molar-refractivity contribution in [2.24, 2.45) is 4.99 Å². The van der Waals surface area contributed by atoms with Crippen molar-refractivity contribution in [1.82, 2.24) is 0 Å². The molecule has 0 N–H and O–H groups in total. The van der Waals surface area contributed by atoms with Crippen molar-refractivity contribution in [3.05, 3.63) is 59.0 Å². The Labute approximate surface area is 149 Å². The lowest BCUT2D eigenvalue weighted by Gasteiger charge is -2.12. The molecular weight excluding hydrogens is 341 g/mol. The van der Waals surface area contributed by atoms with Gasteiger partial charge in [-0.25, -0.2) is 14.2 Å². The standard InChI is InChI=1S/C19H16FNO5/c1-23-15-9-11(10-16(24-2)17(15)25-3)8-14-19(22)26-18(21-14)12-4-6-13(20)7-5-12/h4-10H,1-3H3/b14-8+. The van der Waals surface area contributed by atoms with Crippen molar-refractivity contribution < 1.29 is 28.1 Å². The van der Waals surface area contributed by atoms with Crippen LogP contribution in [0.5, 0.6) is 17.2 Å². The normalized spacial score (nSPS) is 14.8. The summed E-state index contributed by atoms with van der Waals surface area (Å²) in [7, 11) is 4.51. The predicted octanol–water partition coefficient (Wildman–Crippen LogP) is 3.20. The first kappa shape index (κ1) is 17.5. The van der Waals surface area contributed by atoms with Gasteiger partial charge in [0.1, 0.15) is 5.82 Å². The number of halogens is 1. The third-order valence-corrected chi connectivity index (χ3v) is 3.70. The molecule has 134 valence electrons. The molecule has 2 aromatic rings. The number of carbonyl (C=O) groups excluding carboxylic acids is 1. The van der Waals surface area contributed by atoms with E-state index >= 15 is 0 Å². The maximum atomic E-state index is 13.0. The number of benzene rings is 2. The maximum absolute atomic E-state index is 13.0. The van der Waals surface area contributed by atoms with Crippen molar-refractivity contribution in [2.45, 2.75) is 0 Å². The fourth-order valence-electron chi connectivity index (χ4n) is 2.47. The van der Waals surface area contributed by atoms with Crippen LogP contribution < -0.4 is 14.2 Å². The number of carbonyl (C=O) groups is 1. The number of rotatable bonds is 5. The smallest absolute Gasteiger partial charge is 0.363 e. The molecule has 0 amide bonds. The second kappa shape index (κ2) is 7.26. The van der Waals surface area contributed by atoms with Gasteiger partial charge in [-0.05, 0) is 48.0 Å². The first-order chi connectivity index (χ1) is 12.5. The first-order valence-electron chi connectivity index (χ1n) is 7.64. The molecule has 1 aliphatic heterocycles. The van der Waals surface area contributed by atoms with Gasteiger partial charge in [-0.3, -0.25) is 0 Å². The van der Waals surface area contributed by atoms with Crippen LogP contribution in [0.3, 0.4) is 0 Å². The van der Waals surface area contributed by atoms with Crippen LogP contribution in [-0.4, -0.2) is 33.2 Å². The Bertz CT molecular complexity index is 878. The number of esters is 1. The summed E-state index contributed by atoms with van der Waals surface area (Å²) in [5, 5.41) is 0. The molecule has 0 aliphatic carbocycles. The summed E-state index contributed by atoms with van der Waals surface area (Å²) in [4.78, 5) is 16.3. The summed E-state index contributed by atoms with van der Waals surface area (Å²) in [6, 6.07) is 8.90. The van der Waals surface area contributed by atoms with Crippen LogP contribution in [0.4, 0.5) is 4.39 Å². The summed E-state index contributed by atoms with van der Waals surface area (Å²) in [6.07, 6.45) is 1.54. The number of methoxy groups -OCH3 is 3. The van der Waals surface area contributed by atoms with E-state index in [1.807, 2.05) is 0 Å². The molecule has 7 heteroatoms. The van der Waals surface area contributed by atoms with E-state index < -0.39 is 5.97 Å². The topological polar surface area (TPSA) is 66.4 Å². The summed E-state index contributed by atoms with van der Waals surface area (Å²) in [5.74, 6) is 0.487. The van der Waals surface area contributed by atoms with Crippen LogP contribution in [0, 0.1) is 5.82 Å². The maximum Gasteiger partial charge on any atom is 0.363 e. The third-order valence-electron chi connectivity index (χ3n) is 3.70. The molecule has 6 nitrogen and oxygen atoms in total. The van der Waals surface area contributed by atoms with Gasteiger partial charge in [-0.1, -0.05) is 0 Å². The summed E-state index contributed by atoms with van der Waals surface area (Å²) in [6.45, 7) is 0. The largest absolute Gasteiger partial charge is 0.493 e. The number of cyclic esters (lactones) is 1. The number of hydrogen-bond acceptors (Lipinski definition) is 6. The fraction of sp³-hybridized carbons (Fsp3) is 0.158. The quantitative estimate of drug-likeness (QED) is 0.607. The molecule has 0 aromatic heterocycles. The molecule has 0 atom stereocenters. The van der Waals surface area contributed by atoms with Crippen LogP contribution in [0.2, 0.25) is 0 Å². The number of ether oxygens (including phenoxy) is 4. The van der Waals surface area contributed by atoms with Crippen molar-refractivity contribution in [3.8, 4) is 17.2 Å². The Morgan fingerprint density at radius 2 is 1.62 bits per heavy atom. The van der Waals surface area contributed by atoms with Crippen molar-refractivity contribution in [3.63, 3.8) is 0 Å². The molecular formula is C19H16FNO5. The molecule has 26 heavy (non-hydrogen) atoms. The van der Waals surface area contributed by atoms with E-state index in [0.717, 1.165) is 0 Å². The zero-order chi connectivity index (χ0) is 18.7. The predicted molar refractivity (Wildman–Crippen MR) is 93.1 cm³/mol. The van der Waals surface area contributed by atoms with Gasteiger partial charge < -0.3 is 18.9 Å². The van der Waals surface area contributed by atoms with Gasteiger partial charge in [0.2, 0.25) is 11.6 Å². The molecule has 0 saturated carbocycles. The molecule has 0 unspecified atom stereocenters. The van der Waals surface area contributed by atoms with Gasteiger partial charge in [0.05, 0.1) is 21.3 Å². The Balaban J connectivity index is 1.99. The highest BCUT2D eigenvalue weighted by Crippen LogP contribution is 2.39. The number of aliphatic imine (C=N–C) groups is 1. The molecule has 0 spiro atoms. The molecule has 3 rings (SSSR count). The monoisotopic (exact) mass is 357 g/mol. The van der Waals surface area contributed by atoms with Gasteiger partial charge in [-0.2, -0.15) is 0 Å². The van der Waals surface area contributed by atoms with E-state index in [4.69, 9.17) is 18.9 Å². The van der Waals surface area contributed by atoms with Crippen LogP contribution >= 0.6 is 0 Å². The summed E-state index contributed by atoms with van der Waals surface area (Å²) < 4.78 is 34.0. The van der Waals surface area contributed by atoms with Gasteiger partial charge >= 0.3 is 5.97 Å². The highest BCUT2D eigenvalue weighted by atomic mass is 19.1. The van der Waals surface area contributed by atoms with E-state index in [9.17, 15) is 9.18 Å². The summed E-state index contributed by atoms with van der Waals surface area (Å²) in [5.41, 5.74) is 1.24. The Morgan fingerprint density at radius 3 is 2.15 bits per heavy atom. The Morgan fingerprint density at radius 1 is 1.00 bits per heavy atom. The molecule has 0 fully saturated rings. The van der Waals surface area contributed by atoms with E-state index in [1.54, 1.807) is 18.2 Å². The van der Waals surface area contributed by atoms with Gasteiger partial charge in [0, 0.05) is 5.56 Å². The second-order valence-electron chi connectivity index (χ2n) is 5.30. The van der Waals surface area contributed by atoms with Crippen LogP contribution in [-0.2, 0) is 9.53 Å². The third kappa shape index (κ3) is 3.37. The number of hydrogen-bond donors (Lipinski definition) is 0. The van der Waals surface area contributed by atoms with Gasteiger partial charge in [0.15, 0.2) is 17.2 Å². The molecule has 2 aromatic carbocycles. The molecule has 0 radical (unpaired) electrons. The molecule has 1 heterocycles. The Hall–Kier alpha value is -3.35. The zero-order valence-electron chi connectivity index (χ0n) is 14.4. The zero-order valence-corrected chi connectivity index (χ0v) is 14.4. The van der Waals surface area contributed by atoms with E-state index in [0.29, 0.717) is 28.4 Å². The second-order valence-corrected chi connectivity index (χ2v) is 5.30. The van der Waals surface area contributed by atoms with Crippen LogP contribution in [0.25, 0.3) is 6.08 Å². The van der Waals surface area contributed by atoms with Crippen molar-refractivity contribution >= 4 is 17.9 Å².